The Morgan fingerprint density at radius 3 is 2.91 bits per heavy atom. The fraction of sp³-hybridized carbons (Fsp3) is 0.500. The standard InChI is InChI=1S/C24H27N3O5/c1-23(9-7-20(28)29)17-13-24(15-31-21(17)16-5-2-3-6-19(16)32-23)8-4-12-27(24)22(30)18-14-25-10-11-26-18/h2-3,5-6,10-11,14,17,21H,4,7-9,12-13,15H2,1H3,(H,28,29)/t17-,21+,23+,24+/m1/s1. The van der Waals surface area contributed by atoms with Gasteiger partial charge in [0.15, 0.2) is 0 Å². The van der Waals surface area contributed by atoms with Gasteiger partial charge in [-0.15, -0.1) is 0 Å². The molecule has 4 heterocycles. The molecule has 168 valence electrons. The molecular formula is C24H27N3O5. The maximum Gasteiger partial charge on any atom is 0.303 e. The average molecular weight is 437 g/mol. The van der Waals surface area contributed by atoms with E-state index >= 15 is 0 Å². The summed E-state index contributed by atoms with van der Waals surface area (Å²) in [6, 6.07) is 7.81. The fourth-order valence-corrected chi connectivity index (χ4v) is 5.67. The Balaban J connectivity index is 1.49. The maximum atomic E-state index is 13.3. The largest absolute Gasteiger partial charge is 0.487 e. The van der Waals surface area contributed by atoms with Crippen LogP contribution in [0.5, 0.6) is 5.75 Å². The van der Waals surface area contributed by atoms with Gasteiger partial charge in [-0.3, -0.25) is 14.6 Å². The van der Waals surface area contributed by atoms with Crippen molar-refractivity contribution in [3.8, 4) is 5.75 Å². The molecule has 1 N–H and O–H groups in total. The SMILES string of the molecule is C[C@@]1(CCC(=O)O)Oc2ccccc2[C@@H]2OC[C@]3(CCCN3C(=O)c3cnccn3)C[C@H]21. The summed E-state index contributed by atoms with van der Waals surface area (Å²) in [5, 5.41) is 9.34. The van der Waals surface area contributed by atoms with E-state index in [1.54, 1.807) is 6.20 Å². The molecule has 2 aromatic rings. The molecule has 3 aliphatic heterocycles. The van der Waals surface area contributed by atoms with Gasteiger partial charge in [-0.2, -0.15) is 0 Å². The first-order valence-electron chi connectivity index (χ1n) is 11.1. The molecular weight excluding hydrogens is 410 g/mol. The van der Waals surface area contributed by atoms with Gasteiger partial charge in [0, 0.05) is 36.8 Å². The molecule has 0 aliphatic carbocycles. The summed E-state index contributed by atoms with van der Waals surface area (Å²) in [7, 11) is 0. The predicted octanol–water partition coefficient (Wildman–Crippen LogP) is 3.25. The number of carboxylic acids is 1. The summed E-state index contributed by atoms with van der Waals surface area (Å²) >= 11 is 0. The third kappa shape index (κ3) is 3.43. The minimum absolute atomic E-state index is 0.0110. The quantitative estimate of drug-likeness (QED) is 0.783. The summed E-state index contributed by atoms with van der Waals surface area (Å²) in [6.07, 6.45) is 7.17. The lowest BCUT2D eigenvalue weighted by Gasteiger charge is -2.54. The number of nitrogens with zero attached hydrogens (tertiary/aromatic N) is 3. The van der Waals surface area contributed by atoms with Crippen LogP contribution >= 0.6 is 0 Å². The minimum atomic E-state index is -0.850. The van der Waals surface area contributed by atoms with Crippen molar-refractivity contribution in [1.29, 1.82) is 0 Å². The van der Waals surface area contributed by atoms with Gasteiger partial charge in [-0.25, -0.2) is 4.98 Å². The number of aliphatic carboxylic acids is 1. The number of hydrogen-bond acceptors (Lipinski definition) is 6. The van der Waals surface area contributed by atoms with Crippen molar-refractivity contribution in [1.82, 2.24) is 14.9 Å². The molecule has 1 aromatic carbocycles. The molecule has 1 spiro atoms. The summed E-state index contributed by atoms with van der Waals surface area (Å²) in [6.45, 7) is 3.05. The topological polar surface area (TPSA) is 102 Å². The molecule has 8 nitrogen and oxygen atoms in total. The van der Waals surface area contributed by atoms with Crippen molar-refractivity contribution in [3.63, 3.8) is 0 Å². The van der Waals surface area contributed by atoms with Crippen LogP contribution in [0.25, 0.3) is 0 Å². The van der Waals surface area contributed by atoms with Gasteiger partial charge in [-0.05, 0) is 38.7 Å². The number of carbonyl (C=O) groups excluding carboxylic acids is 1. The molecule has 1 amide bonds. The van der Waals surface area contributed by atoms with E-state index in [9.17, 15) is 14.7 Å². The van der Waals surface area contributed by atoms with Gasteiger partial charge in [0.25, 0.3) is 5.91 Å². The molecule has 5 rings (SSSR count). The normalized spacial score (nSPS) is 31.0. The number of para-hydroxylation sites is 1. The second kappa shape index (κ2) is 7.85. The summed E-state index contributed by atoms with van der Waals surface area (Å²) in [5.74, 6) is -0.323. The van der Waals surface area contributed by atoms with E-state index in [-0.39, 0.29) is 24.3 Å². The number of carboxylic acid groups (broad SMARTS) is 1. The molecule has 2 fully saturated rings. The number of carbonyl (C=O) groups is 2. The summed E-state index contributed by atoms with van der Waals surface area (Å²) < 4.78 is 13.0. The number of amides is 1. The van der Waals surface area contributed by atoms with Crippen molar-refractivity contribution in [2.24, 2.45) is 5.92 Å². The van der Waals surface area contributed by atoms with Crippen LogP contribution in [-0.4, -0.2) is 56.1 Å². The zero-order valence-electron chi connectivity index (χ0n) is 18.1. The Labute approximate surface area is 186 Å². The predicted molar refractivity (Wildman–Crippen MR) is 114 cm³/mol. The third-order valence-electron chi connectivity index (χ3n) is 7.31. The van der Waals surface area contributed by atoms with Crippen molar-refractivity contribution in [2.75, 3.05) is 13.2 Å². The number of ether oxygens (including phenoxy) is 2. The van der Waals surface area contributed by atoms with E-state index in [1.165, 1.54) is 12.4 Å². The van der Waals surface area contributed by atoms with E-state index in [2.05, 4.69) is 9.97 Å². The zero-order valence-corrected chi connectivity index (χ0v) is 18.1. The van der Waals surface area contributed by atoms with E-state index in [0.29, 0.717) is 31.7 Å². The van der Waals surface area contributed by atoms with Crippen LogP contribution in [0.15, 0.2) is 42.9 Å². The van der Waals surface area contributed by atoms with Crippen LogP contribution in [0.4, 0.5) is 0 Å². The molecule has 1 aromatic heterocycles. The third-order valence-corrected chi connectivity index (χ3v) is 7.31. The van der Waals surface area contributed by atoms with Crippen molar-refractivity contribution in [2.45, 2.75) is 56.3 Å². The van der Waals surface area contributed by atoms with Crippen LogP contribution < -0.4 is 4.74 Å². The molecule has 0 radical (unpaired) electrons. The monoisotopic (exact) mass is 437 g/mol. The Kier molecular flexibility index (Phi) is 5.12. The van der Waals surface area contributed by atoms with Crippen molar-refractivity contribution in [3.05, 3.63) is 54.1 Å². The van der Waals surface area contributed by atoms with Crippen molar-refractivity contribution < 1.29 is 24.2 Å². The number of fused-ring (bicyclic) bond motifs is 3. The number of benzene rings is 1. The highest BCUT2D eigenvalue weighted by Gasteiger charge is 2.57. The molecule has 8 heteroatoms. The van der Waals surface area contributed by atoms with E-state index in [1.807, 2.05) is 36.1 Å². The minimum Gasteiger partial charge on any atom is -0.487 e. The van der Waals surface area contributed by atoms with Gasteiger partial charge >= 0.3 is 5.97 Å². The van der Waals surface area contributed by atoms with Crippen LogP contribution in [0.1, 0.15) is 61.2 Å². The lowest BCUT2D eigenvalue weighted by Crippen LogP contribution is -2.60. The molecule has 4 atom stereocenters. The second-order valence-electron chi connectivity index (χ2n) is 9.26. The number of likely N-dealkylation sites (tertiary alicyclic amines) is 1. The Bertz CT molecular complexity index is 1030. The van der Waals surface area contributed by atoms with Crippen LogP contribution in [0.2, 0.25) is 0 Å². The van der Waals surface area contributed by atoms with E-state index in [4.69, 9.17) is 9.47 Å². The van der Waals surface area contributed by atoms with Gasteiger partial charge in [0.05, 0.1) is 24.4 Å². The van der Waals surface area contributed by atoms with Crippen LogP contribution in [0.3, 0.4) is 0 Å². The van der Waals surface area contributed by atoms with Gasteiger partial charge in [-0.1, -0.05) is 18.2 Å². The number of aromatic nitrogens is 2. The smallest absolute Gasteiger partial charge is 0.303 e. The maximum absolute atomic E-state index is 13.3. The molecule has 2 saturated heterocycles. The molecule has 0 saturated carbocycles. The highest BCUT2D eigenvalue weighted by Crippen LogP contribution is 2.55. The van der Waals surface area contributed by atoms with Gasteiger partial charge < -0.3 is 19.5 Å². The summed E-state index contributed by atoms with van der Waals surface area (Å²) in [5.41, 5.74) is 0.143. The molecule has 0 unspecified atom stereocenters. The molecule has 32 heavy (non-hydrogen) atoms. The first-order chi connectivity index (χ1) is 15.4. The fourth-order valence-electron chi connectivity index (χ4n) is 5.67. The lowest BCUT2D eigenvalue weighted by molar-refractivity contribution is -0.169. The Morgan fingerprint density at radius 2 is 2.12 bits per heavy atom. The second-order valence-corrected chi connectivity index (χ2v) is 9.26. The van der Waals surface area contributed by atoms with E-state index < -0.39 is 17.1 Å². The zero-order chi connectivity index (χ0) is 22.3. The number of hydrogen-bond donors (Lipinski definition) is 1. The highest BCUT2D eigenvalue weighted by atomic mass is 16.5. The van der Waals surface area contributed by atoms with Crippen LogP contribution in [0, 0.1) is 5.92 Å². The van der Waals surface area contributed by atoms with Crippen molar-refractivity contribution >= 4 is 11.9 Å². The first kappa shape index (κ1) is 20.9. The van der Waals surface area contributed by atoms with Gasteiger partial charge in [0.2, 0.25) is 0 Å². The van der Waals surface area contributed by atoms with E-state index in [0.717, 1.165) is 24.2 Å². The number of rotatable bonds is 4. The lowest BCUT2D eigenvalue weighted by atomic mass is 9.68. The average Bonchev–Trinajstić information content (AvgIpc) is 3.21. The van der Waals surface area contributed by atoms with Gasteiger partial charge in [0.1, 0.15) is 17.0 Å². The first-order valence-corrected chi connectivity index (χ1v) is 11.1. The Morgan fingerprint density at radius 1 is 1.28 bits per heavy atom. The van der Waals surface area contributed by atoms with Crippen LogP contribution in [-0.2, 0) is 9.53 Å². The molecule has 0 bridgehead atoms. The Hall–Kier alpha value is -3.00. The highest BCUT2D eigenvalue weighted by molar-refractivity contribution is 5.92. The summed E-state index contributed by atoms with van der Waals surface area (Å²) in [4.78, 5) is 34.8. The molecule has 3 aliphatic rings.